The number of aliphatic hydroxyl groups excluding tert-OH is 5. The molecule has 0 saturated carbocycles. The monoisotopic (exact) mass is 820 g/mol. The second kappa shape index (κ2) is 20.8. The second-order valence-corrected chi connectivity index (χ2v) is 18.0. The molecule has 3 aliphatic heterocycles. The summed E-state index contributed by atoms with van der Waals surface area (Å²) in [6, 6.07) is 0. The first kappa shape index (κ1) is 49.7. The number of hydrogen-bond donors (Lipinski definition) is 6. The number of Topliss-reactive ketones (excluding diaryl/α,β-unsaturated/α-hetero) is 3. The molecule has 58 heavy (non-hydrogen) atoms. The summed E-state index contributed by atoms with van der Waals surface area (Å²) in [4.78, 5) is 54.6. The zero-order valence-electron chi connectivity index (χ0n) is 36.4. The molecule has 13 nitrogen and oxygen atoms in total. The van der Waals surface area contributed by atoms with Crippen LogP contribution in [0.4, 0.5) is 0 Å². The van der Waals surface area contributed by atoms with Gasteiger partial charge in [-0.2, -0.15) is 0 Å². The summed E-state index contributed by atoms with van der Waals surface area (Å²) in [7, 11) is 0. The number of ether oxygens (including phenoxy) is 3. The van der Waals surface area contributed by atoms with Crippen molar-refractivity contribution in [1.82, 2.24) is 0 Å². The minimum atomic E-state index is -2.24. The van der Waals surface area contributed by atoms with E-state index in [0.717, 1.165) is 6.08 Å². The Bertz CT molecular complexity index is 1500. The van der Waals surface area contributed by atoms with Crippen molar-refractivity contribution in [2.24, 2.45) is 53.3 Å². The zero-order chi connectivity index (χ0) is 44.0. The van der Waals surface area contributed by atoms with Crippen molar-refractivity contribution < 1.29 is 64.0 Å². The van der Waals surface area contributed by atoms with E-state index in [4.69, 9.17) is 14.2 Å². The Morgan fingerprint density at radius 2 is 1.47 bits per heavy atom. The Hall–Kier alpha value is -2.62. The van der Waals surface area contributed by atoms with Crippen LogP contribution in [-0.2, 0) is 33.4 Å². The van der Waals surface area contributed by atoms with Crippen LogP contribution in [0.25, 0.3) is 0 Å². The van der Waals surface area contributed by atoms with Gasteiger partial charge >= 0.3 is 5.97 Å². The normalized spacial score (nSPS) is 46.9. The van der Waals surface area contributed by atoms with Gasteiger partial charge in [0.15, 0.2) is 11.6 Å². The third-order valence-electron chi connectivity index (χ3n) is 13.3. The molecule has 3 aliphatic rings. The molecule has 3 heterocycles. The number of ketones is 3. The number of rotatable bonds is 3. The number of carbonyl (C=O) groups excluding carboxylic acids is 4. The Morgan fingerprint density at radius 1 is 0.845 bits per heavy atom. The fraction of sp³-hybridized carbons (Fsp3) is 0.778. The van der Waals surface area contributed by atoms with Gasteiger partial charge in [-0.3, -0.25) is 14.4 Å². The van der Waals surface area contributed by atoms with Gasteiger partial charge in [-0.25, -0.2) is 4.79 Å². The summed E-state index contributed by atoms with van der Waals surface area (Å²) >= 11 is 0. The third kappa shape index (κ3) is 11.2. The highest BCUT2D eigenvalue weighted by molar-refractivity contribution is 5.91. The standard InChI is InChI=1S/C45H72O13/c1-12-32-17-15-13-14-16-24(3)42(53)44(11,55)43(54)30(9)40(52)29(8)39(51)28(7)38(50)23(2)18-19-37(49)56-41-27(6)35(22-33(32)47)58-45(31(41)10)36(48)20-25(4)34(57-45)21-26(5)46/h13-15,17-19,23-35,38,40-42,46-47,50,52-53,55H,12,16,20-22H2,1-11H3/b14-13+,17-15+,19-18+/t23-,24+,25-,26+,27-,28-,29-,30-,31+,32-,33+,34-,35+,38+,40-,41+,42+,44+,45-/m0/s1. The van der Waals surface area contributed by atoms with Crippen molar-refractivity contribution in [3.8, 4) is 0 Å². The van der Waals surface area contributed by atoms with Crippen molar-refractivity contribution >= 4 is 23.3 Å². The van der Waals surface area contributed by atoms with Gasteiger partial charge in [0.2, 0.25) is 5.79 Å². The van der Waals surface area contributed by atoms with E-state index in [1.807, 2.05) is 26.8 Å². The highest BCUT2D eigenvalue weighted by atomic mass is 16.7. The summed E-state index contributed by atoms with van der Waals surface area (Å²) < 4.78 is 19.2. The molecule has 2 fully saturated rings. The molecule has 0 amide bonds. The van der Waals surface area contributed by atoms with E-state index in [0.29, 0.717) is 6.42 Å². The van der Waals surface area contributed by atoms with Crippen LogP contribution in [0.2, 0.25) is 0 Å². The SMILES string of the molecule is CC[C@H]1/C=C/C=C/C[C@@H](C)[C@@H](O)[C@@](C)(O)C(=O)[C@@H](C)[C@@H](O)[C@@H](C)C(=O)[C@@H](C)[C@H](O)[C@@H](C)/C=C/C(=O)O[C@@H]2[C@@H](C)[C@@H](C[C@H]1O)O[C@@]1(O[C@@H](C[C@@H](C)O)[C@@H](C)CC1=O)[C@@H]2C. The van der Waals surface area contributed by atoms with Gasteiger partial charge in [-0.15, -0.1) is 0 Å². The van der Waals surface area contributed by atoms with Crippen LogP contribution >= 0.6 is 0 Å². The molecule has 19 atom stereocenters. The topological polar surface area (TPSA) is 217 Å². The van der Waals surface area contributed by atoms with Crippen LogP contribution in [0.5, 0.6) is 0 Å². The summed E-state index contributed by atoms with van der Waals surface area (Å²) in [5.74, 6) is -10.8. The number of hydrogen-bond acceptors (Lipinski definition) is 13. The molecule has 6 N–H and O–H groups in total. The molecule has 13 heteroatoms. The van der Waals surface area contributed by atoms with E-state index >= 15 is 0 Å². The van der Waals surface area contributed by atoms with Gasteiger partial charge in [-0.05, 0) is 44.9 Å². The van der Waals surface area contributed by atoms with Crippen LogP contribution in [-0.4, -0.2) is 114 Å². The van der Waals surface area contributed by atoms with Gasteiger partial charge in [0.05, 0.1) is 48.6 Å². The van der Waals surface area contributed by atoms with E-state index in [-0.39, 0.29) is 43.3 Å². The molecule has 1 spiro atoms. The average molecular weight is 821 g/mol. The lowest BCUT2D eigenvalue weighted by Crippen LogP contribution is -2.66. The van der Waals surface area contributed by atoms with Crippen LogP contribution in [0.1, 0.15) is 108 Å². The smallest absolute Gasteiger partial charge is 0.330 e. The molecular formula is C45H72O13. The van der Waals surface area contributed by atoms with Crippen molar-refractivity contribution in [2.45, 2.75) is 168 Å². The molecule has 0 aliphatic carbocycles. The first-order chi connectivity index (χ1) is 26.9. The fourth-order valence-corrected chi connectivity index (χ4v) is 8.97. The summed E-state index contributed by atoms with van der Waals surface area (Å²) in [5.41, 5.74) is -2.24. The van der Waals surface area contributed by atoms with Crippen molar-refractivity contribution in [3.63, 3.8) is 0 Å². The predicted octanol–water partition coefficient (Wildman–Crippen LogP) is 4.03. The van der Waals surface area contributed by atoms with Crippen LogP contribution in [0.15, 0.2) is 36.5 Å². The lowest BCUT2D eigenvalue weighted by molar-refractivity contribution is -0.345. The highest BCUT2D eigenvalue weighted by Crippen LogP contribution is 2.47. The van der Waals surface area contributed by atoms with E-state index in [9.17, 15) is 49.8 Å². The zero-order valence-corrected chi connectivity index (χ0v) is 36.4. The lowest BCUT2D eigenvalue weighted by Gasteiger charge is -2.54. The largest absolute Gasteiger partial charge is 0.458 e. The Kier molecular flexibility index (Phi) is 17.8. The van der Waals surface area contributed by atoms with Crippen molar-refractivity contribution in [1.29, 1.82) is 0 Å². The Morgan fingerprint density at radius 3 is 2.07 bits per heavy atom. The minimum Gasteiger partial charge on any atom is -0.458 e. The van der Waals surface area contributed by atoms with Crippen LogP contribution < -0.4 is 0 Å². The van der Waals surface area contributed by atoms with Crippen LogP contribution in [0, 0.1) is 53.3 Å². The van der Waals surface area contributed by atoms with Gasteiger partial charge in [0, 0.05) is 54.4 Å². The summed E-state index contributed by atoms with van der Waals surface area (Å²) in [5, 5.41) is 66.6. The maximum atomic E-state index is 14.0. The molecule has 3 rings (SSSR count). The molecule has 0 aromatic heterocycles. The third-order valence-corrected chi connectivity index (χ3v) is 13.3. The maximum Gasteiger partial charge on any atom is 0.330 e. The average Bonchev–Trinajstić information content (AvgIpc) is 3.17. The number of fused-ring (bicyclic) bond motifs is 2. The fourth-order valence-electron chi connectivity index (χ4n) is 8.97. The van der Waals surface area contributed by atoms with Crippen molar-refractivity contribution in [2.75, 3.05) is 0 Å². The lowest BCUT2D eigenvalue weighted by atomic mass is 9.74. The number of carbonyl (C=O) groups is 4. The van der Waals surface area contributed by atoms with Gasteiger partial charge in [0.25, 0.3) is 0 Å². The minimum absolute atomic E-state index is 0.0758. The second-order valence-electron chi connectivity index (χ2n) is 18.0. The van der Waals surface area contributed by atoms with E-state index in [2.05, 4.69) is 0 Å². The summed E-state index contributed by atoms with van der Waals surface area (Å²) in [6.45, 7) is 17.8. The summed E-state index contributed by atoms with van der Waals surface area (Å²) in [6.07, 6.45) is 2.73. The van der Waals surface area contributed by atoms with E-state index < -0.39 is 119 Å². The molecule has 0 aromatic rings. The van der Waals surface area contributed by atoms with E-state index in [1.54, 1.807) is 45.9 Å². The number of esters is 1. The van der Waals surface area contributed by atoms with Gasteiger partial charge in [0.1, 0.15) is 17.5 Å². The molecule has 0 unspecified atom stereocenters. The maximum absolute atomic E-state index is 14.0. The van der Waals surface area contributed by atoms with E-state index in [1.165, 1.54) is 33.8 Å². The number of aliphatic hydroxyl groups is 6. The van der Waals surface area contributed by atoms with Crippen LogP contribution in [0.3, 0.4) is 0 Å². The molecule has 2 bridgehead atoms. The molecule has 0 aromatic carbocycles. The van der Waals surface area contributed by atoms with Gasteiger partial charge in [-0.1, -0.05) is 92.7 Å². The first-order valence-electron chi connectivity index (χ1n) is 21.2. The Labute approximate surface area is 344 Å². The molecule has 2 saturated heterocycles. The molecule has 0 radical (unpaired) electrons. The Balaban J connectivity index is 2.06. The molecular weight excluding hydrogens is 748 g/mol. The quantitative estimate of drug-likeness (QED) is 0.222. The highest BCUT2D eigenvalue weighted by Gasteiger charge is 2.61. The number of allylic oxidation sites excluding steroid dienone is 3. The van der Waals surface area contributed by atoms with Gasteiger partial charge < -0.3 is 44.8 Å². The predicted molar refractivity (Wildman–Crippen MR) is 217 cm³/mol. The first-order valence-corrected chi connectivity index (χ1v) is 21.2. The molecule has 330 valence electrons. The van der Waals surface area contributed by atoms with Crippen molar-refractivity contribution in [3.05, 3.63) is 36.5 Å².